The number of aromatic nitrogens is 4. The molecule has 0 bridgehead atoms. The van der Waals surface area contributed by atoms with E-state index in [4.69, 9.17) is 16.0 Å². The molecule has 2 aromatic heterocycles. The van der Waals surface area contributed by atoms with Crippen molar-refractivity contribution in [1.29, 1.82) is 0 Å². The van der Waals surface area contributed by atoms with Crippen LogP contribution in [0.3, 0.4) is 0 Å². The Balaban J connectivity index is 1.41. The molecule has 1 amide bonds. The number of oxazole rings is 1. The smallest absolute Gasteiger partial charge is 0.298 e. The van der Waals surface area contributed by atoms with E-state index in [1.54, 1.807) is 42.7 Å². The molecule has 1 N–H and O–H groups in total. The summed E-state index contributed by atoms with van der Waals surface area (Å²) in [4.78, 5) is 23.6. The molecule has 1 aliphatic heterocycles. The number of nitrogens with zero attached hydrogens (tertiary/aromatic N) is 6. The average Bonchev–Trinajstić information content (AvgIpc) is 3.46. The number of carbonyl (C=O) groups is 1. The Morgan fingerprint density at radius 2 is 1.97 bits per heavy atom. The molecule has 1 atom stereocenters. The standard InChI is InChI=1S/C23H23ClN6O3/c1-15-6-9-28(23-27-19-13-17(24)3-5-21(19)33-23)10-11-29(15)22(32)18-12-16(14-31)2-4-20(18)30-25-7-8-26-30/h2-5,7-8,12-13,15,31H,6,9-11,14H2,1H3/t15-/m0/s1. The molecular formula is C23H23ClN6O3. The number of amides is 1. The quantitative estimate of drug-likeness (QED) is 0.492. The van der Waals surface area contributed by atoms with Crippen molar-refractivity contribution < 1.29 is 14.3 Å². The Hall–Kier alpha value is -3.43. The van der Waals surface area contributed by atoms with E-state index in [0.717, 1.165) is 6.42 Å². The lowest BCUT2D eigenvalue weighted by Crippen LogP contribution is -2.40. The van der Waals surface area contributed by atoms with Gasteiger partial charge in [-0.2, -0.15) is 20.0 Å². The minimum Gasteiger partial charge on any atom is -0.423 e. The summed E-state index contributed by atoms with van der Waals surface area (Å²) in [6, 6.07) is 11.1. The molecule has 1 aliphatic rings. The number of halogens is 1. The van der Waals surface area contributed by atoms with E-state index in [-0.39, 0.29) is 18.6 Å². The SMILES string of the molecule is C[C@H]1CCN(c2nc3cc(Cl)ccc3o2)CCN1C(=O)c1cc(CO)ccc1-n1nccn1. The number of hydrogen-bond donors (Lipinski definition) is 1. The van der Waals surface area contributed by atoms with Crippen molar-refractivity contribution in [2.45, 2.75) is 26.0 Å². The maximum absolute atomic E-state index is 13.7. The predicted octanol–water partition coefficient (Wildman–Crippen LogP) is 3.30. The third-order valence-corrected chi connectivity index (χ3v) is 6.17. The Bertz CT molecular complexity index is 1290. The van der Waals surface area contributed by atoms with Crippen molar-refractivity contribution in [1.82, 2.24) is 24.9 Å². The van der Waals surface area contributed by atoms with E-state index in [2.05, 4.69) is 20.1 Å². The Kier molecular flexibility index (Phi) is 5.74. The van der Waals surface area contributed by atoms with E-state index in [1.165, 1.54) is 4.80 Å². The molecule has 1 saturated heterocycles. The van der Waals surface area contributed by atoms with Gasteiger partial charge in [-0.05, 0) is 49.2 Å². The van der Waals surface area contributed by atoms with Crippen LogP contribution in [0, 0.1) is 0 Å². The zero-order valence-electron chi connectivity index (χ0n) is 18.1. The molecule has 9 nitrogen and oxygen atoms in total. The minimum atomic E-state index is -0.155. The highest BCUT2D eigenvalue weighted by molar-refractivity contribution is 6.31. The molecule has 5 rings (SSSR count). The van der Waals surface area contributed by atoms with Crippen LogP contribution in [-0.2, 0) is 6.61 Å². The monoisotopic (exact) mass is 466 g/mol. The lowest BCUT2D eigenvalue weighted by Gasteiger charge is -2.27. The van der Waals surface area contributed by atoms with E-state index in [0.29, 0.717) is 58.6 Å². The molecule has 4 aromatic rings. The van der Waals surface area contributed by atoms with Crippen LogP contribution in [0.4, 0.5) is 6.01 Å². The second-order valence-corrected chi connectivity index (χ2v) is 8.50. The molecule has 0 spiro atoms. The van der Waals surface area contributed by atoms with E-state index in [1.807, 2.05) is 17.9 Å². The molecule has 0 radical (unpaired) electrons. The molecule has 2 aromatic carbocycles. The molecule has 0 aliphatic carbocycles. The van der Waals surface area contributed by atoms with Gasteiger partial charge in [0.25, 0.3) is 11.9 Å². The first kappa shape index (κ1) is 21.4. The van der Waals surface area contributed by atoms with Gasteiger partial charge in [-0.25, -0.2) is 0 Å². The normalized spacial score (nSPS) is 16.9. The Labute approximate surface area is 195 Å². The van der Waals surface area contributed by atoms with Gasteiger partial charge < -0.3 is 19.3 Å². The van der Waals surface area contributed by atoms with Crippen molar-refractivity contribution in [3.8, 4) is 5.69 Å². The number of benzene rings is 2. The maximum Gasteiger partial charge on any atom is 0.298 e. The van der Waals surface area contributed by atoms with Gasteiger partial charge in [-0.1, -0.05) is 17.7 Å². The van der Waals surface area contributed by atoms with Crippen molar-refractivity contribution in [3.05, 3.63) is 64.9 Å². The summed E-state index contributed by atoms with van der Waals surface area (Å²) in [6.07, 6.45) is 3.88. The molecular weight excluding hydrogens is 444 g/mol. The fourth-order valence-corrected chi connectivity index (χ4v) is 4.26. The van der Waals surface area contributed by atoms with Gasteiger partial charge in [0.15, 0.2) is 5.58 Å². The molecule has 33 heavy (non-hydrogen) atoms. The van der Waals surface area contributed by atoms with Crippen LogP contribution >= 0.6 is 11.6 Å². The summed E-state index contributed by atoms with van der Waals surface area (Å²) in [5.41, 5.74) is 3.07. The first-order valence-corrected chi connectivity index (χ1v) is 11.1. The van der Waals surface area contributed by atoms with Gasteiger partial charge in [-0.3, -0.25) is 4.79 Å². The number of hydrogen-bond acceptors (Lipinski definition) is 7. The van der Waals surface area contributed by atoms with Gasteiger partial charge in [0.05, 0.1) is 30.3 Å². The lowest BCUT2D eigenvalue weighted by atomic mass is 10.1. The second-order valence-electron chi connectivity index (χ2n) is 8.06. The highest BCUT2D eigenvalue weighted by atomic mass is 35.5. The summed E-state index contributed by atoms with van der Waals surface area (Å²) >= 11 is 6.08. The number of anilines is 1. The number of aliphatic hydroxyl groups is 1. The van der Waals surface area contributed by atoms with Gasteiger partial charge in [-0.15, -0.1) is 0 Å². The van der Waals surface area contributed by atoms with E-state index >= 15 is 0 Å². The first-order chi connectivity index (χ1) is 16.0. The molecule has 0 saturated carbocycles. The average molecular weight is 467 g/mol. The molecule has 1 fully saturated rings. The predicted molar refractivity (Wildman–Crippen MR) is 124 cm³/mol. The first-order valence-electron chi connectivity index (χ1n) is 10.8. The zero-order valence-corrected chi connectivity index (χ0v) is 18.8. The largest absolute Gasteiger partial charge is 0.423 e. The van der Waals surface area contributed by atoms with Crippen molar-refractivity contribution in [2.75, 3.05) is 24.5 Å². The molecule has 10 heteroatoms. The third kappa shape index (κ3) is 4.17. The van der Waals surface area contributed by atoms with Gasteiger partial charge >= 0.3 is 0 Å². The van der Waals surface area contributed by atoms with Gasteiger partial charge in [0.1, 0.15) is 5.52 Å². The molecule has 170 valence electrons. The van der Waals surface area contributed by atoms with Crippen LogP contribution in [0.25, 0.3) is 16.8 Å². The number of carbonyl (C=O) groups excluding carboxylic acids is 1. The second kappa shape index (κ2) is 8.84. The summed E-state index contributed by atoms with van der Waals surface area (Å²) in [6.45, 7) is 3.66. The number of rotatable bonds is 4. The molecule has 0 unspecified atom stereocenters. The van der Waals surface area contributed by atoms with Crippen LogP contribution < -0.4 is 4.90 Å². The van der Waals surface area contributed by atoms with Gasteiger partial charge in [0.2, 0.25) is 0 Å². The highest BCUT2D eigenvalue weighted by Crippen LogP contribution is 2.27. The van der Waals surface area contributed by atoms with Crippen molar-refractivity contribution in [3.63, 3.8) is 0 Å². The maximum atomic E-state index is 13.7. The molecule has 3 heterocycles. The van der Waals surface area contributed by atoms with Crippen LogP contribution in [0.2, 0.25) is 5.02 Å². The minimum absolute atomic E-state index is 0.00228. The number of fused-ring (bicyclic) bond motifs is 1. The fraction of sp³-hybridized carbons (Fsp3) is 0.304. The lowest BCUT2D eigenvalue weighted by molar-refractivity contribution is 0.0704. The summed E-state index contributed by atoms with van der Waals surface area (Å²) < 4.78 is 5.94. The fourth-order valence-electron chi connectivity index (χ4n) is 4.10. The van der Waals surface area contributed by atoms with Gasteiger partial charge in [0, 0.05) is 30.7 Å². The van der Waals surface area contributed by atoms with Crippen LogP contribution in [-0.4, -0.2) is 61.6 Å². The topological polar surface area (TPSA) is 101 Å². The van der Waals surface area contributed by atoms with Crippen LogP contribution in [0.1, 0.15) is 29.3 Å². The summed E-state index contributed by atoms with van der Waals surface area (Å²) in [5, 5.41) is 18.6. The Morgan fingerprint density at radius 3 is 2.76 bits per heavy atom. The van der Waals surface area contributed by atoms with Crippen molar-refractivity contribution >= 4 is 34.6 Å². The summed E-state index contributed by atoms with van der Waals surface area (Å²) in [5.74, 6) is -0.128. The Morgan fingerprint density at radius 1 is 1.15 bits per heavy atom. The third-order valence-electron chi connectivity index (χ3n) is 5.94. The van der Waals surface area contributed by atoms with E-state index in [9.17, 15) is 9.90 Å². The summed E-state index contributed by atoms with van der Waals surface area (Å²) in [7, 11) is 0. The van der Waals surface area contributed by atoms with E-state index < -0.39 is 0 Å². The number of aliphatic hydroxyl groups excluding tert-OH is 1. The van der Waals surface area contributed by atoms with Crippen LogP contribution in [0.5, 0.6) is 0 Å². The van der Waals surface area contributed by atoms with Crippen molar-refractivity contribution in [2.24, 2.45) is 0 Å². The van der Waals surface area contributed by atoms with Crippen LogP contribution in [0.15, 0.2) is 53.2 Å². The highest BCUT2D eigenvalue weighted by Gasteiger charge is 2.29. The zero-order chi connectivity index (χ0) is 22.9.